The molecular formula is C30H37N3O4S. The van der Waals surface area contributed by atoms with Crippen molar-refractivity contribution >= 4 is 27.5 Å². The molecule has 2 amide bonds. The monoisotopic (exact) mass is 535 g/mol. The first-order chi connectivity index (χ1) is 18.3. The number of aryl methyl sites for hydroxylation is 1. The number of amides is 2. The van der Waals surface area contributed by atoms with E-state index in [0.29, 0.717) is 25.1 Å². The lowest BCUT2D eigenvalue weighted by Crippen LogP contribution is -2.53. The maximum atomic E-state index is 13.9. The van der Waals surface area contributed by atoms with Crippen molar-refractivity contribution in [3.8, 4) is 0 Å². The fraction of sp³-hybridized carbons (Fsp3) is 0.333. The van der Waals surface area contributed by atoms with Gasteiger partial charge in [0.1, 0.15) is 12.6 Å². The number of anilines is 1. The van der Waals surface area contributed by atoms with E-state index in [2.05, 4.69) is 5.32 Å². The van der Waals surface area contributed by atoms with Gasteiger partial charge in [-0.25, -0.2) is 8.42 Å². The van der Waals surface area contributed by atoms with Crippen molar-refractivity contribution in [3.63, 3.8) is 0 Å². The average Bonchev–Trinajstić information content (AvgIpc) is 2.93. The van der Waals surface area contributed by atoms with Gasteiger partial charge in [-0.3, -0.25) is 13.9 Å². The Morgan fingerprint density at radius 1 is 0.895 bits per heavy atom. The van der Waals surface area contributed by atoms with Gasteiger partial charge in [0.25, 0.3) is 10.0 Å². The normalized spacial score (nSPS) is 12.0. The lowest BCUT2D eigenvalue weighted by atomic mass is 10.1. The van der Waals surface area contributed by atoms with Crippen LogP contribution in [0.3, 0.4) is 0 Å². The lowest BCUT2D eigenvalue weighted by molar-refractivity contribution is -0.139. The lowest BCUT2D eigenvalue weighted by Gasteiger charge is -2.33. The molecule has 0 heterocycles. The number of nitrogens with zero attached hydrogens (tertiary/aromatic N) is 2. The molecule has 7 nitrogen and oxygen atoms in total. The first kappa shape index (κ1) is 28.9. The Balaban J connectivity index is 1.98. The van der Waals surface area contributed by atoms with Gasteiger partial charge in [-0.1, -0.05) is 74.5 Å². The largest absolute Gasteiger partial charge is 0.354 e. The van der Waals surface area contributed by atoms with Gasteiger partial charge >= 0.3 is 0 Å². The van der Waals surface area contributed by atoms with Gasteiger partial charge in [-0.05, 0) is 61.6 Å². The topological polar surface area (TPSA) is 86.8 Å². The van der Waals surface area contributed by atoms with Crippen LogP contribution in [0.25, 0.3) is 0 Å². The zero-order valence-corrected chi connectivity index (χ0v) is 23.2. The SMILES string of the molecule is CCCNC(=O)C(CC)N(CCc1ccccc1)C(=O)CN(c1cccc(C)c1)S(=O)(=O)c1ccccc1. The summed E-state index contributed by atoms with van der Waals surface area (Å²) in [5.74, 6) is -0.663. The van der Waals surface area contributed by atoms with Gasteiger partial charge in [-0.15, -0.1) is 0 Å². The number of nitrogens with one attached hydrogen (secondary N) is 1. The predicted molar refractivity (Wildman–Crippen MR) is 151 cm³/mol. The Kier molecular flexibility index (Phi) is 10.5. The fourth-order valence-electron chi connectivity index (χ4n) is 4.29. The summed E-state index contributed by atoms with van der Waals surface area (Å²) < 4.78 is 28.7. The molecule has 0 radical (unpaired) electrons. The summed E-state index contributed by atoms with van der Waals surface area (Å²) >= 11 is 0. The number of hydrogen-bond acceptors (Lipinski definition) is 4. The molecule has 0 spiro atoms. The Hall–Kier alpha value is -3.65. The molecule has 38 heavy (non-hydrogen) atoms. The Bertz CT molecular complexity index is 1300. The number of sulfonamides is 1. The minimum Gasteiger partial charge on any atom is -0.354 e. The first-order valence-electron chi connectivity index (χ1n) is 13.0. The number of carbonyl (C=O) groups is 2. The van der Waals surface area contributed by atoms with Gasteiger partial charge in [0.05, 0.1) is 10.6 Å². The molecule has 1 unspecified atom stereocenters. The van der Waals surface area contributed by atoms with Gasteiger partial charge in [0, 0.05) is 13.1 Å². The van der Waals surface area contributed by atoms with E-state index in [0.717, 1.165) is 21.9 Å². The van der Waals surface area contributed by atoms with Gasteiger partial charge in [0.15, 0.2) is 0 Å². The van der Waals surface area contributed by atoms with Crippen LogP contribution in [0.2, 0.25) is 0 Å². The van der Waals surface area contributed by atoms with E-state index in [1.54, 1.807) is 36.4 Å². The summed E-state index contributed by atoms with van der Waals surface area (Å²) in [5.41, 5.74) is 2.30. The van der Waals surface area contributed by atoms with Crippen molar-refractivity contribution in [1.82, 2.24) is 10.2 Å². The second-order valence-electron chi connectivity index (χ2n) is 9.20. The fourth-order valence-corrected chi connectivity index (χ4v) is 5.72. The van der Waals surface area contributed by atoms with E-state index in [1.807, 2.05) is 57.2 Å². The highest BCUT2D eigenvalue weighted by atomic mass is 32.2. The number of benzene rings is 3. The van der Waals surface area contributed by atoms with Gasteiger partial charge in [0.2, 0.25) is 11.8 Å². The third kappa shape index (κ3) is 7.44. The van der Waals surface area contributed by atoms with Crippen LogP contribution in [0.5, 0.6) is 0 Å². The standard InChI is InChI=1S/C30H37N3O4S/c1-4-20-31-30(35)28(5-2)32(21-19-25-14-8-6-9-15-25)29(34)23-33(26-16-12-13-24(3)22-26)38(36,37)27-17-10-7-11-18-27/h6-18,22,28H,4-5,19-21,23H2,1-3H3,(H,31,35). The van der Waals surface area contributed by atoms with E-state index in [1.165, 1.54) is 17.0 Å². The van der Waals surface area contributed by atoms with Crippen molar-refractivity contribution in [2.75, 3.05) is 23.9 Å². The van der Waals surface area contributed by atoms with Crippen molar-refractivity contribution in [2.24, 2.45) is 0 Å². The third-order valence-electron chi connectivity index (χ3n) is 6.32. The van der Waals surface area contributed by atoms with Crippen LogP contribution in [0.15, 0.2) is 89.8 Å². The molecule has 0 bridgehead atoms. The molecule has 0 aliphatic rings. The summed E-state index contributed by atoms with van der Waals surface area (Å²) in [6.07, 6.45) is 1.72. The van der Waals surface area contributed by atoms with E-state index < -0.39 is 28.5 Å². The molecule has 3 aromatic carbocycles. The van der Waals surface area contributed by atoms with E-state index in [4.69, 9.17) is 0 Å². The van der Waals surface area contributed by atoms with Crippen molar-refractivity contribution in [1.29, 1.82) is 0 Å². The Labute approximate surface area is 226 Å². The highest BCUT2D eigenvalue weighted by Crippen LogP contribution is 2.25. The molecule has 0 fully saturated rings. The molecule has 0 saturated heterocycles. The predicted octanol–water partition coefficient (Wildman–Crippen LogP) is 4.57. The van der Waals surface area contributed by atoms with Crippen molar-refractivity contribution in [3.05, 3.63) is 96.1 Å². The number of carbonyl (C=O) groups excluding carboxylic acids is 2. The van der Waals surface area contributed by atoms with Crippen LogP contribution in [-0.4, -0.2) is 50.8 Å². The van der Waals surface area contributed by atoms with Crippen LogP contribution < -0.4 is 9.62 Å². The van der Waals surface area contributed by atoms with E-state index >= 15 is 0 Å². The molecule has 0 aliphatic heterocycles. The van der Waals surface area contributed by atoms with Crippen LogP contribution in [0.1, 0.15) is 37.8 Å². The highest BCUT2D eigenvalue weighted by molar-refractivity contribution is 7.92. The number of rotatable bonds is 13. The molecule has 3 rings (SSSR count). The second-order valence-corrected chi connectivity index (χ2v) is 11.1. The minimum atomic E-state index is -4.05. The second kappa shape index (κ2) is 13.8. The molecule has 1 N–H and O–H groups in total. The molecular weight excluding hydrogens is 498 g/mol. The van der Waals surface area contributed by atoms with Crippen LogP contribution in [0.4, 0.5) is 5.69 Å². The quantitative estimate of drug-likeness (QED) is 0.348. The van der Waals surface area contributed by atoms with Gasteiger partial charge in [-0.2, -0.15) is 0 Å². The van der Waals surface area contributed by atoms with Crippen LogP contribution in [-0.2, 0) is 26.0 Å². The minimum absolute atomic E-state index is 0.0953. The molecule has 1 atom stereocenters. The summed E-state index contributed by atoms with van der Waals surface area (Å²) in [6.45, 7) is 6.07. The smallest absolute Gasteiger partial charge is 0.264 e. The summed E-state index contributed by atoms with van der Waals surface area (Å²) in [5, 5.41) is 2.90. The van der Waals surface area contributed by atoms with Crippen molar-refractivity contribution in [2.45, 2.75) is 51.0 Å². The van der Waals surface area contributed by atoms with Gasteiger partial charge < -0.3 is 10.2 Å². The van der Waals surface area contributed by atoms with Crippen molar-refractivity contribution < 1.29 is 18.0 Å². The summed E-state index contributed by atoms with van der Waals surface area (Å²) in [7, 11) is -4.05. The molecule has 0 aliphatic carbocycles. The first-order valence-corrected chi connectivity index (χ1v) is 14.5. The zero-order valence-electron chi connectivity index (χ0n) is 22.3. The third-order valence-corrected chi connectivity index (χ3v) is 8.11. The zero-order chi connectivity index (χ0) is 27.5. The average molecular weight is 536 g/mol. The van der Waals surface area contributed by atoms with E-state index in [-0.39, 0.29) is 17.3 Å². The maximum absolute atomic E-state index is 13.9. The van der Waals surface area contributed by atoms with E-state index in [9.17, 15) is 18.0 Å². The maximum Gasteiger partial charge on any atom is 0.264 e. The molecule has 8 heteroatoms. The Morgan fingerprint density at radius 3 is 2.16 bits per heavy atom. The van der Waals surface area contributed by atoms with Crippen LogP contribution >= 0.6 is 0 Å². The highest BCUT2D eigenvalue weighted by Gasteiger charge is 2.33. The molecule has 0 saturated carbocycles. The summed E-state index contributed by atoms with van der Waals surface area (Å²) in [4.78, 5) is 28.6. The molecule has 202 valence electrons. The number of hydrogen-bond donors (Lipinski definition) is 1. The Morgan fingerprint density at radius 2 is 1.55 bits per heavy atom. The van der Waals surface area contributed by atoms with Crippen LogP contribution in [0, 0.1) is 6.92 Å². The molecule has 0 aromatic heterocycles. The summed E-state index contributed by atoms with van der Waals surface area (Å²) in [6, 6.07) is 24.2. The molecule has 3 aromatic rings.